The van der Waals surface area contributed by atoms with Crippen molar-refractivity contribution in [2.75, 3.05) is 13.1 Å². The Kier molecular flexibility index (Phi) is 7.96. The summed E-state index contributed by atoms with van der Waals surface area (Å²) < 4.78 is 6.73. The summed E-state index contributed by atoms with van der Waals surface area (Å²) in [6.07, 6.45) is 4.36. The number of aromatic nitrogens is 2. The maximum absolute atomic E-state index is 13.0. The highest BCUT2D eigenvalue weighted by Crippen LogP contribution is 2.39. The molecule has 0 radical (unpaired) electrons. The summed E-state index contributed by atoms with van der Waals surface area (Å²) in [5.74, 6) is -2.96. The fraction of sp³-hybridized carbons (Fsp3) is 0.296. The van der Waals surface area contributed by atoms with Crippen LogP contribution in [0.5, 0.6) is 11.6 Å². The average molecular weight is 537 g/mol. The van der Waals surface area contributed by atoms with Crippen molar-refractivity contribution in [1.82, 2.24) is 9.13 Å². The van der Waals surface area contributed by atoms with Crippen LogP contribution < -0.4 is 27.3 Å². The van der Waals surface area contributed by atoms with Crippen LogP contribution in [0.15, 0.2) is 67.3 Å². The number of nitrogens with two attached hydrogens (primary N) is 1. The molecule has 204 valence electrons. The van der Waals surface area contributed by atoms with E-state index in [1.165, 1.54) is 70.7 Å². The SMILES string of the molecule is C1CC[NH2+]CC1.Cn1c([O-])c(C(c2ccc([N+](=O)[O-])cc2)c2c(O)c3ccccc3oc2=O)c(=O)n(C)c1=O. The van der Waals surface area contributed by atoms with Gasteiger partial charge in [-0.2, -0.15) is 0 Å². The number of non-ortho nitro benzene ring substituents is 1. The van der Waals surface area contributed by atoms with Gasteiger partial charge in [0.15, 0.2) is 0 Å². The summed E-state index contributed by atoms with van der Waals surface area (Å²) in [5.41, 5.74) is -3.80. The van der Waals surface area contributed by atoms with Crippen LogP contribution in [0.3, 0.4) is 0 Å². The fourth-order valence-electron chi connectivity index (χ4n) is 4.67. The first-order valence-corrected chi connectivity index (χ1v) is 12.4. The second-order valence-corrected chi connectivity index (χ2v) is 9.28. The lowest BCUT2D eigenvalue weighted by Gasteiger charge is -2.25. The van der Waals surface area contributed by atoms with Crippen LogP contribution in [0, 0.1) is 10.1 Å². The topological polar surface area (TPSA) is 177 Å². The van der Waals surface area contributed by atoms with E-state index in [0.717, 1.165) is 12.1 Å². The average Bonchev–Trinajstić information content (AvgIpc) is 2.95. The Balaban J connectivity index is 0.000000519. The smallest absolute Gasteiger partial charge is 0.344 e. The number of hydrogen-bond donors (Lipinski definition) is 2. The van der Waals surface area contributed by atoms with Gasteiger partial charge >= 0.3 is 11.3 Å². The van der Waals surface area contributed by atoms with Crippen molar-refractivity contribution >= 4 is 16.7 Å². The lowest BCUT2D eigenvalue weighted by atomic mass is 9.85. The molecule has 1 aliphatic heterocycles. The van der Waals surface area contributed by atoms with E-state index in [0.29, 0.717) is 9.13 Å². The Morgan fingerprint density at radius 3 is 2.15 bits per heavy atom. The molecule has 1 saturated heterocycles. The third-order valence-electron chi connectivity index (χ3n) is 6.79. The quantitative estimate of drug-likeness (QED) is 0.218. The minimum atomic E-state index is -1.47. The fourth-order valence-corrected chi connectivity index (χ4v) is 4.67. The van der Waals surface area contributed by atoms with Crippen LogP contribution in [0.25, 0.3) is 11.0 Å². The van der Waals surface area contributed by atoms with Gasteiger partial charge in [-0.3, -0.25) is 19.5 Å². The molecule has 39 heavy (non-hydrogen) atoms. The predicted molar refractivity (Wildman–Crippen MR) is 140 cm³/mol. The number of quaternary nitrogens is 1. The van der Waals surface area contributed by atoms with Gasteiger partial charge < -0.3 is 24.5 Å². The minimum absolute atomic E-state index is 0.0851. The van der Waals surface area contributed by atoms with Crippen molar-refractivity contribution in [3.8, 4) is 11.6 Å². The van der Waals surface area contributed by atoms with E-state index < -0.39 is 50.5 Å². The van der Waals surface area contributed by atoms with Gasteiger partial charge in [-0.05, 0) is 42.8 Å². The zero-order chi connectivity index (χ0) is 28.3. The zero-order valence-corrected chi connectivity index (χ0v) is 21.5. The number of nitro groups is 1. The molecular weight excluding hydrogens is 508 g/mol. The summed E-state index contributed by atoms with van der Waals surface area (Å²) in [5, 5.41) is 37.7. The van der Waals surface area contributed by atoms with Crippen molar-refractivity contribution in [3.05, 3.63) is 107 Å². The molecule has 1 aliphatic rings. The first-order chi connectivity index (χ1) is 18.6. The first kappa shape index (κ1) is 27.3. The lowest BCUT2D eigenvalue weighted by Crippen LogP contribution is -2.85. The van der Waals surface area contributed by atoms with Gasteiger partial charge in [0.05, 0.1) is 34.9 Å². The van der Waals surface area contributed by atoms with Gasteiger partial charge in [0, 0.05) is 31.8 Å². The third kappa shape index (κ3) is 5.32. The van der Waals surface area contributed by atoms with Gasteiger partial charge in [-0.25, -0.2) is 9.59 Å². The van der Waals surface area contributed by atoms with Crippen molar-refractivity contribution in [2.45, 2.75) is 25.2 Å². The number of piperidine rings is 1. The van der Waals surface area contributed by atoms with Crippen molar-refractivity contribution in [2.24, 2.45) is 14.1 Å². The molecule has 3 N–H and O–H groups in total. The third-order valence-corrected chi connectivity index (χ3v) is 6.79. The summed E-state index contributed by atoms with van der Waals surface area (Å²) in [7, 11) is 2.34. The van der Waals surface area contributed by atoms with Crippen LogP contribution >= 0.6 is 0 Å². The summed E-state index contributed by atoms with van der Waals surface area (Å²) in [4.78, 5) is 48.6. The standard InChI is InChI=1S/C22H17N3O8.C5H11N/c1-23-19(27)17(20(28)24(2)22(23)30)15(11-7-9-12(10-8-11)25(31)32)16-18(26)13-5-3-4-6-14(13)33-21(16)29;1-2-4-6-5-3-1/h3-10,15,26-27H,1-2H3;6H,1-5H2. The molecule has 1 fully saturated rings. The Morgan fingerprint density at radius 1 is 0.949 bits per heavy atom. The molecule has 1 atom stereocenters. The highest BCUT2D eigenvalue weighted by molar-refractivity contribution is 5.84. The molecule has 0 saturated carbocycles. The second-order valence-electron chi connectivity index (χ2n) is 9.28. The predicted octanol–water partition coefficient (Wildman–Crippen LogP) is 0.792. The first-order valence-electron chi connectivity index (χ1n) is 12.4. The van der Waals surface area contributed by atoms with Gasteiger partial charge in [0.25, 0.3) is 11.2 Å². The highest BCUT2D eigenvalue weighted by Gasteiger charge is 2.30. The number of rotatable bonds is 4. The Bertz CT molecular complexity index is 1690. The maximum Gasteiger partial charge on any atom is 0.344 e. The van der Waals surface area contributed by atoms with E-state index in [1.54, 1.807) is 12.1 Å². The van der Waals surface area contributed by atoms with Gasteiger partial charge in [0.1, 0.15) is 11.3 Å². The van der Waals surface area contributed by atoms with E-state index in [2.05, 4.69) is 5.32 Å². The molecule has 12 nitrogen and oxygen atoms in total. The second kappa shape index (κ2) is 11.4. The highest BCUT2D eigenvalue weighted by atomic mass is 16.6. The number of aromatic hydroxyl groups is 1. The molecule has 0 amide bonds. The molecule has 0 aliphatic carbocycles. The monoisotopic (exact) mass is 536 g/mol. The van der Waals surface area contributed by atoms with Crippen molar-refractivity contribution < 1.29 is 24.9 Å². The molecule has 3 heterocycles. The largest absolute Gasteiger partial charge is 0.860 e. The number of hydrogen-bond acceptors (Lipinski definition) is 8. The summed E-state index contributed by atoms with van der Waals surface area (Å²) in [6, 6.07) is 10.9. The molecule has 1 unspecified atom stereocenters. The molecule has 2 aromatic carbocycles. The maximum atomic E-state index is 13.0. The molecule has 0 bridgehead atoms. The molecule has 4 aromatic rings. The van der Waals surface area contributed by atoms with E-state index in [-0.39, 0.29) is 22.2 Å². The van der Waals surface area contributed by atoms with Crippen LogP contribution in [0.2, 0.25) is 0 Å². The normalized spacial score (nSPS) is 13.9. The number of benzene rings is 2. The number of fused-ring (bicyclic) bond motifs is 1. The molecule has 5 rings (SSSR count). The molecule has 2 aromatic heterocycles. The molecule has 0 spiro atoms. The van der Waals surface area contributed by atoms with Crippen LogP contribution in [0.1, 0.15) is 41.9 Å². The molecule has 12 heteroatoms. The number of para-hydroxylation sites is 1. The Morgan fingerprint density at radius 2 is 1.59 bits per heavy atom. The number of nitro benzene ring substituents is 1. The zero-order valence-electron chi connectivity index (χ0n) is 21.5. The van der Waals surface area contributed by atoms with Crippen LogP contribution in [-0.4, -0.2) is 32.3 Å². The van der Waals surface area contributed by atoms with Gasteiger partial charge in [-0.1, -0.05) is 24.3 Å². The Labute approximate surface area is 221 Å². The van der Waals surface area contributed by atoms with Crippen LogP contribution in [0.4, 0.5) is 5.69 Å². The van der Waals surface area contributed by atoms with Crippen LogP contribution in [-0.2, 0) is 14.1 Å². The van der Waals surface area contributed by atoms with E-state index in [4.69, 9.17) is 4.42 Å². The van der Waals surface area contributed by atoms with E-state index >= 15 is 0 Å². The van der Waals surface area contributed by atoms with Crippen molar-refractivity contribution in [3.63, 3.8) is 0 Å². The van der Waals surface area contributed by atoms with Crippen molar-refractivity contribution in [1.29, 1.82) is 0 Å². The van der Waals surface area contributed by atoms with E-state index in [1.807, 2.05) is 0 Å². The lowest BCUT2D eigenvalue weighted by molar-refractivity contribution is -0.662. The summed E-state index contributed by atoms with van der Waals surface area (Å²) >= 11 is 0. The van der Waals surface area contributed by atoms with E-state index in [9.17, 15) is 34.7 Å². The summed E-state index contributed by atoms with van der Waals surface area (Å²) in [6.45, 7) is 2.75. The minimum Gasteiger partial charge on any atom is -0.860 e. The van der Waals surface area contributed by atoms with Gasteiger partial charge in [0.2, 0.25) is 0 Å². The Hall–Kier alpha value is -4.71. The van der Waals surface area contributed by atoms with Gasteiger partial charge in [-0.15, -0.1) is 0 Å². The number of nitrogens with zero attached hydrogens (tertiary/aromatic N) is 3. The molecular formula is C27H28N4O8.